The lowest BCUT2D eigenvalue weighted by Crippen LogP contribution is -2.04. The summed E-state index contributed by atoms with van der Waals surface area (Å²) >= 11 is 0. The minimum atomic E-state index is -0.453. The Morgan fingerprint density at radius 1 is 1.11 bits per heavy atom. The van der Waals surface area contributed by atoms with E-state index in [1.165, 1.54) is 11.1 Å². The Hall–Kier alpha value is -1.80. The van der Waals surface area contributed by atoms with Gasteiger partial charge < -0.3 is 10.4 Å². The number of aliphatic hydroxyl groups is 1. The first-order valence-electron chi connectivity index (χ1n) is 6.23. The van der Waals surface area contributed by atoms with Crippen LogP contribution in [-0.2, 0) is 6.54 Å². The van der Waals surface area contributed by atoms with Gasteiger partial charge in [0.15, 0.2) is 0 Å². The highest BCUT2D eigenvalue weighted by molar-refractivity contribution is 5.52. The van der Waals surface area contributed by atoms with Gasteiger partial charge in [0, 0.05) is 17.8 Å². The molecule has 0 saturated carbocycles. The molecule has 2 aromatic carbocycles. The number of aryl methyl sites for hydroxylation is 1. The first kappa shape index (κ1) is 12.7. The molecule has 0 bridgehead atoms. The monoisotopic (exact) mass is 241 g/mol. The fourth-order valence-corrected chi connectivity index (χ4v) is 2.04. The summed E-state index contributed by atoms with van der Waals surface area (Å²) in [6.07, 6.45) is -0.453. The van der Waals surface area contributed by atoms with Gasteiger partial charge in [0.25, 0.3) is 0 Å². The van der Waals surface area contributed by atoms with Crippen molar-refractivity contribution in [2.75, 3.05) is 5.32 Å². The number of para-hydroxylation sites is 1. The van der Waals surface area contributed by atoms with E-state index >= 15 is 0 Å². The second kappa shape index (κ2) is 5.69. The molecule has 0 aromatic heterocycles. The van der Waals surface area contributed by atoms with Crippen molar-refractivity contribution in [3.8, 4) is 0 Å². The Balaban J connectivity index is 2.11. The van der Waals surface area contributed by atoms with E-state index in [-0.39, 0.29) is 0 Å². The summed E-state index contributed by atoms with van der Waals surface area (Å²) in [4.78, 5) is 0. The minimum Gasteiger partial charge on any atom is -0.389 e. The zero-order valence-corrected chi connectivity index (χ0v) is 10.9. The lowest BCUT2D eigenvalue weighted by molar-refractivity contribution is 0.200. The van der Waals surface area contributed by atoms with Crippen molar-refractivity contribution in [1.29, 1.82) is 0 Å². The van der Waals surface area contributed by atoms with E-state index in [2.05, 4.69) is 36.5 Å². The van der Waals surface area contributed by atoms with Crippen molar-refractivity contribution in [3.05, 3.63) is 65.2 Å². The van der Waals surface area contributed by atoms with Crippen LogP contribution < -0.4 is 5.32 Å². The maximum Gasteiger partial charge on any atom is 0.0781 e. The number of hydrogen-bond acceptors (Lipinski definition) is 2. The highest BCUT2D eigenvalue weighted by Gasteiger charge is 2.06. The fourth-order valence-electron chi connectivity index (χ4n) is 2.04. The van der Waals surface area contributed by atoms with Gasteiger partial charge in [0.05, 0.1) is 6.10 Å². The average Bonchev–Trinajstić information content (AvgIpc) is 2.37. The van der Waals surface area contributed by atoms with Crippen molar-refractivity contribution in [3.63, 3.8) is 0 Å². The van der Waals surface area contributed by atoms with Gasteiger partial charge in [-0.15, -0.1) is 0 Å². The van der Waals surface area contributed by atoms with Gasteiger partial charge in [-0.05, 0) is 25.5 Å². The van der Waals surface area contributed by atoms with Crippen LogP contribution in [-0.4, -0.2) is 5.11 Å². The average molecular weight is 241 g/mol. The Morgan fingerprint density at radius 3 is 2.61 bits per heavy atom. The summed E-state index contributed by atoms with van der Waals surface area (Å²) in [5.74, 6) is 0. The number of hydrogen-bond donors (Lipinski definition) is 2. The first-order chi connectivity index (χ1) is 8.66. The molecular formula is C16H19NO. The lowest BCUT2D eigenvalue weighted by Gasteiger charge is -2.14. The molecule has 2 aromatic rings. The minimum absolute atomic E-state index is 0.453. The van der Waals surface area contributed by atoms with Crippen molar-refractivity contribution in [1.82, 2.24) is 0 Å². The molecule has 0 saturated heterocycles. The Labute approximate surface area is 108 Å². The summed E-state index contributed by atoms with van der Waals surface area (Å²) in [5.41, 5.74) is 4.44. The fraction of sp³-hybridized carbons (Fsp3) is 0.250. The second-order valence-electron chi connectivity index (χ2n) is 4.61. The molecule has 2 rings (SSSR count). The summed E-state index contributed by atoms with van der Waals surface area (Å²) in [6.45, 7) is 4.64. The summed E-state index contributed by atoms with van der Waals surface area (Å²) < 4.78 is 0. The molecule has 2 N–H and O–H groups in total. The standard InChI is InChI=1S/C16H19NO/c1-12-6-5-7-14(10-12)11-17-16-9-4-3-8-15(16)13(2)18/h3-10,13,17-18H,11H2,1-2H3. The van der Waals surface area contributed by atoms with Crippen LogP contribution in [0.3, 0.4) is 0 Å². The van der Waals surface area contributed by atoms with E-state index in [1.807, 2.05) is 24.3 Å². The highest BCUT2D eigenvalue weighted by Crippen LogP contribution is 2.22. The molecule has 0 aliphatic carbocycles. The molecule has 1 unspecified atom stereocenters. The maximum atomic E-state index is 9.71. The van der Waals surface area contributed by atoms with Crippen LogP contribution in [0.4, 0.5) is 5.69 Å². The molecule has 0 fully saturated rings. The molecule has 2 heteroatoms. The molecule has 18 heavy (non-hydrogen) atoms. The summed E-state index contributed by atoms with van der Waals surface area (Å²) in [5, 5.41) is 13.1. The third-order valence-electron chi connectivity index (χ3n) is 2.98. The SMILES string of the molecule is Cc1cccc(CNc2ccccc2C(C)O)c1. The van der Waals surface area contributed by atoms with Gasteiger partial charge in [-0.3, -0.25) is 0 Å². The molecule has 94 valence electrons. The number of rotatable bonds is 4. The molecule has 0 radical (unpaired) electrons. The molecule has 0 heterocycles. The Bertz CT molecular complexity index is 520. The second-order valence-corrected chi connectivity index (χ2v) is 4.61. The van der Waals surface area contributed by atoms with Gasteiger partial charge in [-0.2, -0.15) is 0 Å². The van der Waals surface area contributed by atoms with Gasteiger partial charge in [0.1, 0.15) is 0 Å². The van der Waals surface area contributed by atoms with Crippen LogP contribution in [0.15, 0.2) is 48.5 Å². The zero-order chi connectivity index (χ0) is 13.0. The van der Waals surface area contributed by atoms with Gasteiger partial charge in [-0.1, -0.05) is 48.0 Å². The highest BCUT2D eigenvalue weighted by atomic mass is 16.3. The van der Waals surface area contributed by atoms with Crippen molar-refractivity contribution < 1.29 is 5.11 Å². The third-order valence-corrected chi connectivity index (χ3v) is 2.98. The van der Waals surface area contributed by atoms with E-state index in [0.717, 1.165) is 17.8 Å². The van der Waals surface area contributed by atoms with E-state index in [4.69, 9.17) is 0 Å². The van der Waals surface area contributed by atoms with Gasteiger partial charge >= 0.3 is 0 Å². The predicted octanol–water partition coefficient (Wildman–Crippen LogP) is 3.66. The Morgan fingerprint density at radius 2 is 1.89 bits per heavy atom. The molecule has 0 aliphatic heterocycles. The molecule has 2 nitrogen and oxygen atoms in total. The van der Waals surface area contributed by atoms with E-state index in [9.17, 15) is 5.11 Å². The van der Waals surface area contributed by atoms with Crippen LogP contribution in [0, 0.1) is 6.92 Å². The topological polar surface area (TPSA) is 32.3 Å². The predicted molar refractivity (Wildman–Crippen MR) is 75.6 cm³/mol. The molecule has 0 amide bonds. The van der Waals surface area contributed by atoms with Crippen molar-refractivity contribution in [2.24, 2.45) is 0 Å². The summed E-state index contributed by atoms with van der Waals surface area (Å²) in [7, 11) is 0. The molecule has 0 aliphatic rings. The summed E-state index contributed by atoms with van der Waals surface area (Å²) in [6, 6.07) is 16.3. The van der Waals surface area contributed by atoms with Crippen molar-refractivity contribution >= 4 is 5.69 Å². The molecule has 0 spiro atoms. The van der Waals surface area contributed by atoms with Crippen LogP contribution in [0.2, 0.25) is 0 Å². The van der Waals surface area contributed by atoms with Crippen molar-refractivity contribution in [2.45, 2.75) is 26.5 Å². The maximum absolute atomic E-state index is 9.71. The number of anilines is 1. The van der Waals surface area contributed by atoms with Crippen LogP contribution in [0.5, 0.6) is 0 Å². The zero-order valence-electron chi connectivity index (χ0n) is 10.9. The van der Waals surface area contributed by atoms with Gasteiger partial charge in [-0.25, -0.2) is 0 Å². The first-order valence-corrected chi connectivity index (χ1v) is 6.23. The quantitative estimate of drug-likeness (QED) is 0.856. The number of benzene rings is 2. The largest absolute Gasteiger partial charge is 0.389 e. The molecule has 1 atom stereocenters. The lowest BCUT2D eigenvalue weighted by atomic mass is 10.1. The Kier molecular flexibility index (Phi) is 4.00. The van der Waals surface area contributed by atoms with Crippen LogP contribution in [0.25, 0.3) is 0 Å². The van der Waals surface area contributed by atoms with Crippen LogP contribution >= 0.6 is 0 Å². The third kappa shape index (κ3) is 3.11. The van der Waals surface area contributed by atoms with E-state index < -0.39 is 6.10 Å². The smallest absolute Gasteiger partial charge is 0.0781 e. The normalized spacial score (nSPS) is 12.2. The van der Waals surface area contributed by atoms with E-state index in [1.54, 1.807) is 6.92 Å². The van der Waals surface area contributed by atoms with Crippen LogP contribution in [0.1, 0.15) is 29.7 Å². The molecular weight excluding hydrogens is 222 g/mol. The number of nitrogens with one attached hydrogen (secondary N) is 1. The van der Waals surface area contributed by atoms with E-state index in [0.29, 0.717) is 0 Å². The number of aliphatic hydroxyl groups excluding tert-OH is 1. The van der Waals surface area contributed by atoms with Gasteiger partial charge in [0.2, 0.25) is 0 Å².